The molecule has 11 heteroatoms. The molecule has 0 atom stereocenters. The molecule has 154 valence electrons. The van der Waals surface area contributed by atoms with Crippen LogP contribution in [-0.4, -0.2) is 29.4 Å². The minimum absolute atomic E-state index is 0.0369. The highest BCUT2D eigenvalue weighted by molar-refractivity contribution is 9.11. The van der Waals surface area contributed by atoms with Crippen LogP contribution in [0, 0.1) is 0 Å². The molecule has 1 aliphatic rings. The van der Waals surface area contributed by atoms with Gasteiger partial charge in [-0.1, -0.05) is 11.6 Å². The van der Waals surface area contributed by atoms with Gasteiger partial charge in [0.2, 0.25) is 0 Å². The molecule has 7 nitrogen and oxygen atoms in total. The zero-order chi connectivity index (χ0) is 21.8. The Hall–Kier alpha value is -2.27. The topological polar surface area (TPSA) is 96.5 Å². The summed E-state index contributed by atoms with van der Waals surface area (Å²) < 4.78 is 6.64. The maximum absolute atomic E-state index is 12.1. The zero-order valence-corrected chi connectivity index (χ0v) is 19.7. The van der Waals surface area contributed by atoms with Crippen LogP contribution in [-0.2, 0) is 14.4 Å². The number of anilines is 1. The van der Waals surface area contributed by atoms with Gasteiger partial charge in [-0.2, -0.15) is 0 Å². The minimum atomic E-state index is -0.588. The normalized spacial score (nSPS) is 13.4. The first-order valence-corrected chi connectivity index (χ1v) is 10.7. The monoisotopic (exact) mass is 571 g/mol. The lowest BCUT2D eigenvalue weighted by Gasteiger charge is -2.16. The SMILES string of the molecule is O=C(COc1c(Br)cc(C=C2C(=O)NC(=S)NC2=O)cc1Br)Nc1ccc(Cl)cc1. The van der Waals surface area contributed by atoms with Gasteiger partial charge >= 0.3 is 0 Å². The fraction of sp³-hybridized carbons (Fsp3) is 0.0526. The average molecular weight is 574 g/mol. The summed E-state index contributed by atoms with van der Waals surface area (Å²) >= 11 is 17.3. The Bertz CT molecular complexity index is 1040. The number of thiocarbonyl (C=S) groups is 1. The minimum Gasteiger partial charge on any atom is -0.481 e. The molecule has 0 spiro atoms. The van der Waals surface area contributed by atoms with Crippen LogP contribution < -0.4 is 20.7 Å². The van der Waals surface area contributed by atoms with Crippen LogP contribution in [0.5, 0.6) is 5.75 Å². The van der Waals surface area contributed by atoms with Crippen LogP contribution in [0.4, 0.5) is 5.69 Å². The number of carbonyl (C=O) groups excluding carboxylic acids is 3. The predicted molar refractivity (Wildman–Crippen MR) is 124 cm³/mol. The van der Waals surface area contributed by atoms with E-state index in [1.807, 2.05) is 0 Å². The van der Waals surface area contributed by atoms with Gasteiger partial charge in [-0.05, 0) is 92.1 Å². The van der Waals surface area contributed by atoms with Gasteiger partial charge in [0.1, 0.15) is 11.3 Å². The number of benzene rings is 2. The molecular weight excluding hydrogens is 562 g/mol. The van der Waals surface area contributed by atoms with E-state index in [0.29, 0.717) is 31.0 Å². The van der Waals surface area contributed by atoms with Crippen molar-refractivity contribution in [3.63, 3.8) is 0 Å². The highest BCUT2D eigenvalue weighted by Gasteiger charge is 2.25. The van der Waals surface area contributed by atoms with E-state index in [1.54, 1.807) is 36.4 Å². The standard InChI is InChI=1S/C19H12Br2ClN3O4S/c20-13-6-9(5-12-17(27)24-19(30)25-18(12)28)7-14(21)16(13)29-8-15(26)23-11-3-1-10(22)2-4-11/h1-7H,8H2,(H,23,26)(H2,24,25,27,28,30). The van der Waals surface area contributed by atoms with E-state index in [4.69, 9.17) is 28.6 Å². The number of halogens is 3. The van der Waals surface area contributed by atoms with E-state index in [2.05, 4.69) is 47.8 Å². The molecule has 30 heavy (non-hydrogen) atoms. The molecule has 3 N–H and O–H groups in total. The number of hydrogen-bond donors (Lipinski definition) is 3. The Balaban J connectivity index is 1.70. The fourth-order valence-electron chi connectivity index (χ4n) is 2.44. The molecule has 3 amide bonds. The highest BCUT2D eigenvalue weighted by atomic mass is 79.9. The third kappa shape index (κ3) is 5.66. The van der Waals surface area contributed by atoms with E-state index >= 15 is 0 Å². The summed E-state index contributed by atoms with van der Waals surface area (Å²) in [6.07, 6.45) is 1.42. The van der Waals surface area contributed by atoms with Crippen LogP contribution in [0.25, 0.3) is 6.08 Å². The van der Waals surface area contributed by atoms with Crippen LogP contribution in [0.2, 0.25) is 5.02 Å². The summed E-state index contributed by atoms with van der Waals surface area (Å²) in [4.78, 5) is 36.1. The summed E-state index contributed by atoms with van der Waals surface area (Å²) in [5.41, 5.74) is 1.06. The summed E-state index contributed by atoms with van der Waals surface area (Å²) in [5, 5.41) is 7.96. The molecule has 1 heterocycles. The van der Waals surface area contributed by atoms with E-state index in [0.717, 1.165) is 0 Å². The average Bonchev–Trinajstić information content (AvgIpc) is 2.66. The first-order valence-electron chi connectivity index (χ1n) is 8.28. The second-order valence-electron chi connectivity index (χ2n) is 5.95. The number of rotatable bonds is 5. The van der Waals surface area contributed by atoms with Crippen molar-refractivity contribution in [2.24, 2.45) is 0 Å². The Morgan fingerprint density at radius 1 is 1.10 bits per heavy atom. The summed E-state index contributed by atoms with van der Waals surface area (Å²) in [6, 6.07) is 9.99. The maximum atomic E-state index is 12.1. The third-order valence-corrected chi connectivity index (χ3v) is 5.38. The summed E-state index contributed by atoms with van der Waals surface area (Å²) in [7, 11) is 0. The van der Waals surface area contributed by atoms with Crippen molar-refractivity contribution < 1.29 is 19.1 Å². The molecule has 0 bridgehead atoms. The van der Waals surface area contributed by atoms with Crippen molar-refractivity contribution >= 4 is 90.3 Å². The predicted octanol–water partition coefficient (Wildman–Crippen LogP) is 3.80. The van der Waals surface area contributed by atoms with Gasteiger partial charge in [-0.3, -0.25) is 25.0 Å². The van der Waals surface area contributed by atoms with Crippen molar-refractivity contribution in [2.45, 2.75) is 0 Å². The molecule has 2 aromatic carbocycles. The molecule has 0 radical (unpaired) electrons. The number of amides is 3. The zero-order valence-electron chi connectivity index (χ0n) is 14.9. The van der Waals surface area contributed by atoms with Crippen molar-refractivity contribution in [1.82, 2.24) is 10.6 Å². The highest BCUT2D eigenvalue weighted by Crippen LogP contribution is 2.35. The van der Waals surface area contributed by atoms with Crippen LogP contribution >= 0.6 is 55.7 Å². The number of nitrogens with one attached hydrogen (secondary N) is 3. The lowest BCUT2D eigenvalue weighted by Crippen LogP contribution is -2.51. The second kappa shape index (κ2) is 9.69. The summed E-state index contributed by atoms with van der Waals surface area (Å²) in [6.45, 7) is -0.234. The Kier molecular flexibility index (Phi) is 7.24. The first-order chi connectivity index (χ1) is 14.2. The third-order valence-electron chi connectivity index (χ3n) is 3.75. The number of ether oxygens (including phenoxy) is 1. The fourth-order valence-corrected chi connectivity index (χ4v) is 4.20. The largest absolute Gasteiger partial charge is 0.481 e. The van der Waals surface area contributed by atoms with E-state index in [1.165, 1.54) is 6.08 Å². The second-order valence-corrected chi connectivity index (χ2v) is 8.51. The number of carbonyl (C=O) groups is 3. The Morgan fingerprint density at radius 3 is 2.23 bits per heavy atom. The maximum Gasteiger partial charge on any atom is 0.263 e. The van der Waals surface area contributed by atoms with Gasteiger partial charge in [0.25, 0.3) is 17.7 Å². The van der Waals surface area contributed by atoms with Gasteiger partial charge in [-0.15, -0.1) is 0 Å². The van der Waals surface area contributed by atoms with E-state index < -0.39 is 11.8 Å². The van der Waals surface area contributed by atoms with Gasteiger partial charge in [0, 0.05) is 10.7 Å². The molecule has 2 aromatic rings. The quantitative estimate of drug-likeness (QED) is 0.287. The molecular formula is C19H12Br2ClN3O4S. The van der Waals surface area contributed by atoms with E-state index in [9.17, 15) is 14.4 Å². The Morgan fingerprint density at radius 2 is 1.67 bits per heavy atom. The molecule has 0 aliphatic carbocycles. The van der Waals surface area contributed by atoms with Gasteiger partial charge < -0.3 is 10.1 Å². The molecule has 0 saturated carbocycles. The smallest absolute Gasteiger partial charge is 0.263 e. The first kappa shape index (κ1) is 22.4. The lowest BCUT2D eigenvalue weighted by atomic mass is 10.1. The van der Waals surface area contributed by atoms with Crippen molar-refractivity contribution in [3.05, 3.63) is 61.5 Å². The van der Waals surface area contributed by atoms with Crippen molar-refractivity contribution in [3.8, 4) is 5.75 Å². The molecule has 0 aromatic heterocycles. The lowest BCUT2D eigenvalue weighted by molar-refractivity contribution is -0.123. The van der Waals surface area contributed by atoms with Crippen molar-refractivity contribution in [1.29, 1.82) is 0 Å². The van der Waals surface area contributed by atoms with Gasteiger partial charge in [0.15, 0.2) is 11.7 Å². The molecule has 1 fully saturated rings. The molecule has 1 aliphatic heterocycles. The van der Waals surface area contributed by atoms with Crippen LogP contribution in [0.3, 0.4) is 0 Å². The van der Waals surface area contributed by atoms with Crippen LogP contribution in [0.15, 0.2) is 50.9 Å². The summed E-state index contributed by atoms with van der Waals surface area (Å²) in [5.74, 6) is -1.14. The van der Waals surface area contributed by atoms with Gasteiger partial charge in [-0.25, -0.2) is 0 Å². The molecule has 0 unspecified atom stereocenters. The van der Waals surface area contributed by atoms with Crippen molar-refractivity contribution in [2.75, 3.05) is 11.9 Å². The van der Waals surface area contributed by atoms with Crippen LogP contribution in [0.1, 0.15) is 5.56 Å². The van der Waals surface area contributed by atoms with E-state index in [-0.39, 0.29) is 23.2 Å². The Labute approximate surface area is 198 Å². The molecule has 1 saturated heterocycles. The molecule has 3 rings (SSSR count). The van der Waals surface area contributed by atoms with Gasteiger partial charge in [0.05, 0.1) is 8.95 Å². The number of hydrogen-bond acceptors (Lipinski definition) is 5.